The van der Waals surface area contributed by atoms with Crippen LogP contribution < -0.4 is 10.1 Å². The van der Waals surface area contributed by atoms with Gasteiger partial charge in [0, 0.05) is 36.3 Å². The van der Waals surface area contributed by atoms with E-state index in [1.54, 1.807) is 0 Å². The molecule has 6 heteroatoms. The third-order valence-corrected chi connectivity index (χ3v) is 4.20. The zero-order chi connectivity index (χ0) is 17.8. The number of ether oxygens (including phenoxy) is 1. The van der Waals surface area contributed by atoms with Gasteiger partial charge in [0.15, 0.2) is 0 Å². The number of hydrogen-bond donors (Lipinski definition) is 2. The first kappa shape index (κ1) is 17.1. The lowest BCUT2D eigenvalue weighted by molar-refractivity contribution is -0.118. The maximum absolute atomic E-state index is 11.1. The highest BCUT2D eigenvalue weighted by atomic mass is 16.5. The molecule has 0 atom stereocenters. The molecule has 25 heavy (non-hydrogen) atoms. The van der Waals surface area contributed by atoms with Gasteiger partial charge in [0.25, 0.3) is 0 Å². The number of hydrogen-bond acceptors (Lipinski definition) is 3. The van der Waals surface area contributed by atoms with Crippen LogP contribution in [0.1, 0.15) is 23.9 Å². The van der Waals surface area contributed by atoms with Crippen LogP contribution in [0.2, 0.25) is 0 Å². The summed E-state index contributed by atoms with van der Waals surface area (Å²) in [6.07, 6.45) is 2.75. The molecule has 3 aromatic rings. The lowest BCUT2D eigenvalue weighted by Gasteiger charge is -2.08. The molecule has 6 nitrogen and oxygen atoms in total. The quantitative estimate of drug-likeness (QED) is 0.695. The minimum absolute atomic E-state index is 0.00428. The third kappa shape index (κ3) is 4.21. The van der Waals surface area contributed by atoms with Gasteiger partial charge in [0.05, 0.1) is 12.2 Å². The van der Waals surface area contributed by atoms with Crippen molar-refractivity contribution < 1.29 is 9.53 Å². The second kappa shape index (κ2) is 7.42. The van der Waals surface area contributed by atoms with E-state index < -0.39 is 0 Å². The molecule has 2 heterocycles. The number of fused-ring (bicyclic) bond motifs is 1. The summed E-state index contributed by atoms with van der Waals surface area (Å²) in [6.45, 7) is 7.48. The van der Waals surface area contributed by atoms with E-state index in [0.29, 0.717) is 19.7 Å². The largest absolute Gasteiger partial charge is 0.492 e. The van der Waals surface area contributed by atoms with Gasteiger partial charge in [-0.1, -0.05) is 0 Å². The van der Waals surface area contributed by atoms with Crippen molar-refractivity contribution >= 4 is 16.8 Å². The molecule has 0 unspecified atom stereocenters. The average Bonchev–Trinajstić information content (AvgIpc) is 3.11. The van der Waals surface area contributed by atoms with Crippen molar-refractivity contribution in [3.63, 3.8) is 0 Å². The van der Waals surface area contributed by atoms with Gasteiger partial charge in [0.1, 0.15) is 12.4 Å². The molecule has 0 bridgehead atoms. The lowest BCUT2D eigenvalue weighted by Crippen LogP contribution is -2.22. The maximum atomic E-state index is 11.1. The molecule has 2 N–H and O–H groups in total. The molecule has 3 rings (SSSR count). The van der Waals surface area contributed by atoms with E-state index in [0.717, 1.165) is 34.5 Å². The molecule has 0 spiro atoms. The van der Waals surface area contributed by atoms with Gasteiger partial charge in [-0.05, 0) is 50.1 Å². The first-order chi connectivity index (χ1) is 12.0. The summed E-state index contributed by atoms with van der Waals surface area (Å²) in [5.41, 5.74) is 4.44. The number of aromatic nitrogens is 3. The van der Waals surface area contributed by atoms with E-state index >= 15 is 0 Å². The van der Waals surface area contributed by atoms with E-state index in [9.17, 15) is 4.79 Å². The van der Waals surface area contributed by atoms with Gasteiger partial charge < -0.3 is 15.0 Å². The maximum Gasteiger partial charge on any atom is 0.216 e. The van der Waals surface area contributed by atoms with E-state index in [1.807, 2.05) is 36.0 Å². The SMILES string of the molecule is CC(=O)NCCc1c(C)[nH]c2ccc(OCCn3ccc(C)n3)cc12. The Morgan fingerprint density at radius 2 is 2.16 bits per heavy atom. The fourth-order valence-electron chi connectivity index (χ4n) is 2.98. The topological polar surface area (TPSA) is 71.9 Å². The van der Waals surface area contributed by atoms with Gasteiger partial charge >= 0.3 is 0 Å². The minimum atomic E-state index is -0.00428. The molecule has 0 saturated carbocycles. The van der Waals surface area contributed by atoms with Crippen LogP contribution in [0.4, 0.5) is 0 Å². The van der Waals surface area contributed by atoms with Gasteiger partial charge in [-0.25, -0.2) is 0 Å². The first-order valence-corrected chi connectivity index (χ1v) is 8.51. The number of amides is 1. The molecular formula is C19H24N4O2. The number of aromatic amines is 1. The Kier molecular flexibility index (Phi) is 5.07. The van der Waals surface area contributed by atoms with Gasteiger partial charge in [-0.3, -0.25) is 9.48 Å². The van der Waals surface area contributed by atoms with E-state index in [4.69, 9.17) is 4.74 Å². The summed E-state index contributed by atoms with van der Waals surface area (Å²) in [5.74, 6) is 0.839. The fourth-order valence-corrected chi connectivity index (χ4v) is 2.98. The minimum Gasteiger partial charge on any atom is -0.492 e. The van der Waals surface area contributed by atoms with Gasteiger partial charge in [-0.2, -0.15) is 5.10 Å². The highest BCUT2D eigenvalue weighted by molar-refractivity contribution is 5.86. The summed E-state index contributed by atoms with van der Waals surface area (Å²) >= 11 is 0. The summed E-state index contributed by atoms with van der Waals surface area (Å²) in [7, 11) is 0. The molecule has 0 fully saturated rings. The predicted octanol–water partition coefficient (Wildman–Crippen LogP) is 2.74. The Hall–Kier alpha value is -2.76. The Morgan fingerprint density at radius 1 is 1.32 bits per heavy atom. The van der Waals surface area contributed by atoms with Crippen molar-refractivity contribution in [3.05, 3.63) is 47.4 Å². The smallest absolute Gasteiger partial charge is 0.216 e. The van der Waals surface area contributed by atoms with Crippen LogP contribution in [0.15, 0.2) is 30.5 Å². The number of benzene rings is 1. The zero-order valence-electron chi connectivity index (χ0n) is 14.9. The summed E-state index contributed by atoms with van der Waals surface area (Å²) in [6, 6.07) is 8.06. The van der Waals surface area contributed by atoms with Crippen molar-refractivity contribution in [1.82, 2.24) is 20.1 Å². The number of rotatable bonds is 7. The van der Waals surface area contributed by atoms with Gasteiger partial charge in [-0.15, -0.1) is 0 Å². The van der Waals surface area contributed by atoms with Crippen LogP contribution in [0.5, 0.6) is 5.75 Å². The molecular weight excluding hydrogens is 316 g/mol. The molecule has 1 amide bonds. The number of aryl methyl sites for hydroxylation is 2. The normalized spacial score (nSPS) is 11.0. The monoisotopic (exact) mass is 340 g/mol. The Labute approximate surface area is 147 Å². The van der Waals surface area contributed by atoms with E-state index in [-0.39, 0.29) is 5.91 Å². The number of H-pyrrole nitrogens is 1. The van der Waals surface area contributed by atoms with Gasteiger partial charge in [0.2, 0.25) is 5.91 Å². The van der Waals surface area contributed by atoms with Crippen molar-refractivity contribution in [2.75, 3.05) is 13.2 Å². The fraction of sp³-hybridized carbons (Fsp3) is 0.368. The molecule has 0 saturated heterocycles. The summed E-state index contributed by atoms with van der Waals surface area (Å²) in [4.78, 5) is 14.5. The number of carbonyl (C=O) groups is 1. The van der Waals surface area contributed by atoms with E-state index in [1.165, 1.54) is 12.5 Å². The molecule has 132 valence electrons. The van der Waals surface area contributed by atoms with Crippen molar-refractivity contribution in [2.45, 2.75) is 33.7 Å². The molecule has 1 aromatic carbocycles. The first-order valence-electron chi connectivity index (χ1n) is 8.51. The molecule has 0 aliphatic carbocycles. The van der Waals surface area contributed by atoms with Crippen LogP contribution >= 0.6 is 0 Å². The molecule has 2 aromatic heterocycles. The standard InChI is InChI=1S/C19H24N4O2/c1-13-7-9-23(22-13)10-11-25-16-4-5-19-18(12-16)17(14(2)21-19)6-8-20-15(3)24/h4-5,7,9,12,21H,6,8,10-11H2,1-3H3,(H,20,24). The van der Waals surface area contributed by atoms with Crippen LogP contribution in [0, 0.1) is 13.8 Å². The Balaban J connectivity index is 1.68. The Bertz CT molecular complexity index is 879. The second-order valence-electron chi connectivity index (χ2n) is 6.24. The third-order valence-electron chi connectivity index (χ3n) is 4.20. The average molecular weight is 340 g/mol. The molecule has 0 aliphatic rings. The van der Waals surface area contributed by atoms with Crippen molar-refractivity contribution in [2.24, 2.45) is 0 Å². The summed E-state index contributed by atoms with van der Waals surface area (Å²) < 4.78 is 7.77. The Morgan fingerprint density at radius 3 is 2.88 bits per heavy atom. The number of nitrogens with zero attached hydrogens (tertiary/aromatic N) is 2. The number of nitrogens with one attached hydrogen (secondary N) is 2. The summed E-state index contributed by atoms with van der Waals surface area (Å²) in [5, 5.41) is 8.35. The lowest BCUT2D eigenvalue weighted by atomic mass is 10.1. The van der Waals surface area contributed by atoms with E-state index in [2.05, 4.69) is 28.4 Å². The number of carbonyl (C=O) groups excluding carboxylic acids is 1. The van der Waals surface area contributed by atoms with Crippen LogP contribution in [-0.4, -0.2) is 33.8 Å². The molecule has 0 aliphatic heterocycles. The highest BCUT2D eigenvalue weighted by Gasteiger charge is 2.10. The van der Waals surface area contributed by atoms with Crippen molar-refractivity contribution in [3.8, 4) is 5.75 Å². The van der Waals surface area contributed by atoms with Crippen molar-refractivity contribution in [1.29, 1.82) is 0 Å². The second-order valence-corrected chi connectivity index (χ2v) is 6.24. The predicted molar refractivity (Wildman–Crippen MR) is 97.9 cm³/mol. The van der Waals surface area contributed by atoms with Crippen LogP contribution in [0.3, 0.4) is 0 Å². The van der Waals surface area contributed by atoms with Crippen LogP contribution in [0.25, 0.3) is 10.9 Å². The zero-order valence-corrected chi connectivity index (χ0v) is 14.9. The molecule has 0 radical (unpaired) electrons. The highest BCUT2D eigenvalue weighted by Crippen LogP contribution is 2.26. The van der Waals surface area contributed by atoms with Crippen LogP contribution in [-0.2, 0) is 17.8 Å².